The number of amides is 2. The first-order chi connectivity index (χ1) is 15.2. The van der Waals surface area contributed by atoms with E-state index in [9.17, 15) is 9.59 Å². The molecule has 31 heavy (non-hydrogen) atoms. The lowest BCUT2D eigenvalue weighted by Gasteiger charge is -2.17. The van der Waals surface area contributed by atoms with E-state index in [0.29, 0.717) is 32.4 Å². The summed E-state index contributed by atoms with van der Waals surface area (Å²) in [5, 5.41) is 10.2. The van der Waals surface area contributed by atoms with Crippen molar-refractivity contribution in [3.05, 3.63) is 72.1 Å². The Morgan fingerprint density at radius 2 is 2.03 bits per heavy atom. The van der Waals surface area contributed by atoms with Crippen LogP contribution in [0, 0.1) is 0 Å². The third kappa shape index (κ3) is 5.72. The molecule has 0 atom stereocenters. The molecule has 2 heterocycles. The number of benzene rings is 2. The molecule has 1 aliphatic rings. The molecule has 7 heteroatoms. The summed E-state index contributed by atoms with van der Waals surface area (Å²) in [7, 11) is 0. The van der Waals surface area contributed by atoms with Gasteiger partial charge in [-0.2, -0.15) is 5.10 Å². The number of carbonyl (C=O) groups is 2. The second kappa shape index (κ2) is 9.93. The lowest BCUT2D eigenvalue weighted by molar-refractivity contribution is -0.121. The molecular weight excluding hydrogens is 392 g/mol. The van der Waals surface area contributed by atoms with E-state index in [-0.39, 0.29) is 11.8 Å². The van der Waals surface area contributed by atoms with Crippen molar-refractivity contribution in [2.24, 2.45) is 0 Å². The Kier molecular flexibility index (Phi) is 6.62. The number of carbonyl (C=O) groups excluding carboxylic acids is 2. The van der Waals surface area contributed by atoms with Gasteiger partial charge in [-0.25, -0.2) is 4.68 Å². The molecule has 2 N–H and O–H groups in total. The molecule has 160 valence electrons. The first kappa shape index (κ1) is 20.7. The summed E-state index contributed by atoms with van der Waals surface area (Å²) in [5.74, 6) is 0.843. The van der Waals surface area contributed by atoms with Gasteiger partial charge in [-0.15, -0.1) is 0 Å². The van der Waals surface area contributed by atoms with E-state index in [1.807, 2.05) is 65.6 Å². The van der Waals surface area contributed by atoms with Gasteiger partial charge in [0.25, 0.3) is 0 Å². The number of para-hydroxylation sites is 1. The molecule has 2 amide bonds. The van der Waals surface area contributed by atoms with Gasteiger partial charge in [0.05, 0.1) is 18.5 Å². The SMILES string of the molecule is O=C(CCCOc1ccc2c(c1)CCC(=O)N2)NCCc1cnn(-c2ccccc2)c1. The first-order valence-corrected chi connectivity index (χ1v) is 10.6. The third-order valence-electron chi connectivity index (χ3n) is 5.18. The highest BCUT2D eigenvalue weighted by molar-refractivity contribution is 5.94. The minimum absolute atomic E-state index is 0.0206. The van der Waals surface area contributed by atoms with Crippen LogP contribution in [0.4, 0.5) is 5.69 Å². The molecule has 0 spiro atoms. The fraction of sp³-hybridized carbons (Fsp3) is 0.292. The monoisotopic (exact) mass is 418 g/mol. The largest absolute Gasteiger partial charge is 0.494 e. The Hall–Kier alpha value is -3.61. The van der Waals surface area contributed by atoms with Crippen LogP contribution < -0.4 is 15.4 Å². The van der Waals surface area contributed by atoms with Crippen molar-refractivity contribution in [2.75, 3.05) is 18.5 Å². The van der Waals surface area contributed by atoms with Crippen molar-refractivity contribution in [2.45, 2.75) is 32.1 Å². The molecular formula is C24H26N4O3. The number of aromatic nitrogens is 2. The first-order valence-electron chi connectivity index (χ1n) is 10.6. The maximum atomic E-state index is 12.1. The van der Waals surface area contributed by atoms with Crippen LogP contribution in [0.1, 0.15) is 30.4 Å². The second-order valence-corrected chi connectivity index (χ2v) is 7.55. The van der Waals surface area contributed by atoms with Crippen LogP contribution in [0.3, 0.4) is 0 Å². The number of aryl methyl sites for hydroxylation is 1. The Bertz CT molecular complexity index is 1050. The number of rotatable bonds is 9. The van der Waals surface area contributed by atoms with Gasteiger partial charge in [-0.05, 0) is 60.7 Å². The van der Waals surface area contributed by atoms with Crippen LogP contribution in [-0.2, 0) is 22.4 Å². The minimum Gasteiger partial charge on any atom is -0.494 e. The van der Waals surface area contributed by atoms with Crippen LogP contribution in [0.15, 0.2) is 60.9 Å². The molecule has 0 aliphatic carbocycles. The van der Waals surface area contributed by atoms with Gasteiger partial charge in [-0.1, -0.05) is 18.2 Å². The number of hydrogen-bond acceptors (Lipinski definition) is 4. The van der Waals surface area contributed by atoms with Gasteiger partial charge in [0.1, 0.15) is 5.75 Å². The van der Waals surface area contributed by atoms with Crippen LogP contribution >= 0.6 is 0 Å². The quantitative estimate of drug-likeness (QED) is 0.522. The van der Waals surface area contributed by atoms with Gasteiger partial charge in [0.2, 0.25) is 11.8 Å². The molecule has 0 saturated carbocycles. The van der Waals surface area contributed by atoms with E-state index in [0.717, 1.165) is 41.1 Å². The van der Waals surface area contributed by atoms with Crippen molar-refractivity contribution < 1.29 is 14.3 Å². The topological polar surface area (TPSA) is 85.2 Å². The van der Waals surface area contributed by atoms with Crippen LogP contribution in [-0.4, -0.2) is 34.7 Å². The Labute approximate surface area is 181 Å². The number of anilines is 1. The average Bonchev–Trinajstić information content (AvgIpc) is 3.26. The highest BCUT2D eigenvalue weighted by Gasteiger charge is 2.15. The normalized spacial score (nSPS) is 12.7. The molecule has 2 aromatic carbocycles. The maximum Gasteiger partial charge on any atom is 0.224 e. The molecule has 1 aliphatic heterocycles. The zero-order valence-corrected chi connectivity index (χ0v) is 17.3. The molecule has 3 aromatic rings. The Morgan fingerprint density at radius 1 is 1.16 bits per heavy atom. The molecule has 0 fully saturated rings. The van der Waals surface area contributed by atoms with Crippen LogP contribution in [0.5, 0.6) is 5.75 Å². The molecule has 0 radical (unpaired) electrons. The zero-order chi connectivity index (χ0) is 21.5. The summed E-state index contributed by atoms with van der Waals surface area (Å²) in [5.41, 5.74) is 4.04. The second-order valence-electron chi connectivity index (χ2n) is 7.55. The predicted molar refractivity (Wildman–Crippen MR) is 118 cm³/mol. The number of fused-ring (bicyclic) bond motifs is 1. The van der Waals surface area contributed by atoms with Gasteiger partial charge in [0, 0.05) is 31.3 Å². The van der Waals surface area contributed by atoms with Crippen molar-refractivity contribution in [3.8, 4) is 11.4 Å². The molecule has 0 unspecified atom stereocenters. The summed E-state index contributed by atoms with van der Waals surface area (Å²) < 4.78 is 7.60. The molecule has 0 bridgehead atoms. The van der Waals surface area contributed by atoms with E-state index in [4.69, 9.17) is 4.74 Å². The molecule has 1 aromatic heterocycles. The number of hydrogen-bond donors (Lipinski definition) is 2. The molecule has 4 rings (SSSR count). The summed E-state index contributed by atoms with van der Waals surface area (Å²) in [6, 6.07) is 15.6. The average molecular weight is 418 g/mol. The highest BCUT2D eigenvalue weighted by Crippen LogP contribution is 2.26. The molecule has 0 saturated heterocycles. The standard InChI is InChI=1S/C24H26N4O3/c29-23(25-13-12-18-16-26-28(17-18)20-5-2-1-3-6-20)7-4-14-31-21-9-10-22-19(15-21)8-11-24(30)27-22/h1-3,5-6,9-10,15-17H,4,7-8,11-14H2,(H,25,29)(H,27,30). The van der Waals surface area contributed by atoms with Gasteiger partial charge < -0.3 is 15.4 Å². The van der Waals surface area contributed by atoms with Crippen LogP contribution in [0.2, 0.25) is 0 Å². The van der Waals surface area contributed by atoms with E-state index in [1.165, 1.54) is 0 Å². The predicted octanol–water partition coefficient (Wildman–Crippen LogP) is 3.27. The summed E-state index contributed by atoms with van der Waals surface area (Å²) in [4.78, 5) is 23.5. The Balaban J connectivity index is 1.13. The van der Waals surface area contributed by atoms with E-state index < -0.39 is 0 Å². The van der Waals surface area contributed by atoms with Crippen molar-refractivity contribution >= 4 is 17.5 Å². The third-order valence-corrected chi connectivity index (χ3v) is 5.18. The van der Waals surface area contributed by atoms with Crippen molar-refractivity contribution in [1.82, 2.24) is 15.1 Å². The number of nitrogens with one attached hydrogen (secondary N) is 2. The number of nitrogens with zero attached hydrogens (tertiary/aromatic N) is 2. The van der Waals surface area contributed by atoms with E-state index >= 15 is 0 Å². The summed E-state index contributed by atoms with van der Waals surface area (Å²) in [6.07, 6.45) is 6.85. The smallest absolute Gasteiger partial charge is 0.224 e. The van der Waals surface area contributed by atoms with E-state index in [1.54, 1.807) is 0 Å². The lowest BCUT2D eigenvalue weighted by atomic mass is 10.0. The van der Waals surface area contributed by atoms with Crippen molar-refractivity contribution in [3.63, 3.8) is 0 Å². The molecule has 7 nitrogen and oxygen atoms in total. The van der Waals surface area contributed by atoms with E-state index in [2.05, 4.69) is 15.7 Å². The van der Waals surface area contributed by atoms with Gasteiger partial charge in [0.15, 0.2) is 0 Å². The fourth-order valence-corrected chi connectivity index (χ4v) is 3.52. The Morgan fingerprint density at radius 3 is 2.90 bits per heavy atom. The fourth-order valence-electron chi connectivity index (χ4n) is 3.52. The number of ether oxygens (including phenoxy) is 1. The van der Waals surface area contributed by atoms with Crippen LogP contribution in [0.25, 0.3) is 5.69 Å². The lowest BCUT2D eigenvalue weighted by Crippen LogP contribution is -2.25. The maximum absolute atomic E-state index is 12.1. The minimum atomic E-state index is 0.0206. The summed E-state index contributed by atoms with van der Waals surface area (Å²) in [6.45, 7) is 1.05. The zero-order valence-electron chi connectivity index (χ0n) is 17.3. The summed E-state index contributed by atoms with van der Waals surface area (Å²) >= 11 is 0. The highest BCUT2D eigenvalue weighted by atomic mass is 16.5. The van der Waals surface area contributed by atoms with Gasteiger partial charge in [-0.3, -0.25) is 9.59 Å². The van der Waals surface area contributed by atoms with Gasteiger partial charge >= 0.3 is 0 Å². The van der Waals surface area contributed by atoms with Crippen molar-refractivity contribution in [1.29, 1.82) is 0 Å².